The molecule has 3 nitrogen and oxygen atoms in total. The quantitative estimate of drug-likeness (QED) is 0.443. The predicted molar refractivity (Wildman–Crippen MR) is 37.9 cm³/mol. The molecule has 2 fully saturated rings. The molecule has 0 aromatic rings. The summed E-state index contributed by atoms with van der Waals surface area (Å²) >= 11 is 0. The molecule has 3 unspecified atom stereocenters. The second-order valence-electron chi connectivity index (χ2n) is 3.02. The molecule has 2 saturated heterocycles. The fourth-order valence-corrected chi connectivity index (χ4v) is 1.74. The number of aliphatic hydroxyl groups excluding tert-OH is 1. The van der Waals surface area contributed by atoms with Crippen LogP contribution in [0.15, 0.2) is 0 Å². The molecule has 2 aliphatic rings. The fraction of sp³-hybridized carbons (Fsp3) is 0.714. The Bertz CT molecular complexity index is 138. The number of fused-ring (bicyclic) bond motifs is 1. The molecule has 0 amide bonds. The molecule has 2 aliphatic heterocycles. The van der Waals surface area contributed by atoms with Gasteiger partial charge in [0.05, 0.1) is 6.10 Å². The van der Waals surface area contributed by atoms with Crippen LogP contribution in [0.4, 0.5) is 0 Å². The summed E-state index contributed by atoms with van der Waals surface area (Å²) in [6.07, 6.45) is 3.87. The highest BCUT2D eigenvalue weighted by atomic mass is 16.3. The molecule has 56 valence electrons. The van der Waals surface area contributed by atoms with Crippen LogP contribution in [-0.2, 0) is 0 Å². The van der Waals surface area contributed by atoms with Crippen LogP contribution in [0.5, 0.6) is 0 Å². The molecule has 0 aromatic carbocycles. The van der Waals surface area contributed by atoms with Crippen molar-refractivity contribution in [2.45, 2.75) is 18.2 Å². The van der Waals surface area contributed by atoms with Gasteiger partial charge in [0.25, 0.3) is 0 Å². The topological polar surface area (TPSA) is 49.5 Å². The number of nitrogens with two attached hydrogens (primary N) is 1. The molecule has 10 heavy (non-hydrogen) atoms. The van der Waals surface area contributed by atoms with Gasteiger partial charge in [0, 0.05) is 25.2 Å². The predicted octanol–water partition coefficient (Wildman–Crippen LogP) is -1.22. The molecule has 0 spiro atoms. The Morgan fingerprint density at radius 3 is 3.10 bits per heavy atom. The van der Waals surface area contributed by atoms with Crippen LogP contribution >= 0.6 is 0 Å². The van der Waals surface area contributed by atoms with E-state index in [4.69, 9.17) is 5.73 Å². The number of hydrogen-bond acceptors (Lipinski definition) is 3. The molecule has 3 heteroatoms. The van der Waals surface area contributed by atoms with Gasteiger partial charge in [0.15, 0.2) is 0 Å². The maximum Gasteiger partial charge on any atom is 0.0833 e. The third-order valence-electron chi connectivity index (χ3n) is 2.36. The molecule has 2 heterocycles. The SMILES string of the molecule is NC1C(O)CN2C[CH][CH]C12. The van der Waals surface area contributed by atoms with E-state index in [9.17, 15) is 5.11 Å². The Labute approximate surface area is 60.8 Å². The van der Waals surface area contributed by atoms with E-state index in [2.05, 4.69) is 17.7 Å². The average molecular weight is 140 g/mol. The fourth-order valence-electron chi connectivity index (χ4n) is 1.74. The standard InChI is InChI=1S/C7H12N2O/c8-7-5-2-1-3-9(5)4-6(7)10/h1-2,5-7,10H,3-4,8H2. The second-order valence-corrected chi connectivity index (χ2v) is 3.02. The van der Waals surface area contributed by atoms with Gasteiger partial charge in [-0.15, -0.1) is 0 Å². The maximum atomic E-state index is 9.30. The van der Waals surface area contributed by atoms with Crippen molar-refractivity contribution < 1.29 is 5.11 Å². The van der Waals surface area contributed by atoms with Crippen LogP contribution < -0.4 is 5.73 Å². The first kappa shape index (κ1) is 6.58. The summed E-state index contributed by atoms with van der Waals surface area (Å²) < 4.78 is 0. The van der Waals surface area contributed by atoms with Crippen LogP contribution in [0, 0.1) is 12.8 Å². The number of rotatable bonds is 0. The van der Waals surface area contributed by atoms with E-state index in [0.717, 1.165) is 13.1 Å². The zero-order chi connectivity index (χ0) is 7.14. The molecule has 0 bridgehead atoms. The first-order chi connectivity index (χ1) is 4.79. The van der Waals surface area contributed by atoms with Crippen LogP contribution in [0.3, 0.4) is 0 Å². The molecule has 0 aromatic heterocycles. The van der Waals surface area contributed by atoms with Crippen LogP contribution in [0.25, 0.3) is 0 Å². The Hall–Kier alpha value is -0.120. The minimum absolute atomic E-state index is 0.0706. The molecule has 0 aliphatic carbocycles. The van der Waals surface area contributed by atoms with Crippen molar-refractivity contribution in [3.05, 3.63) is 12.8 Å². The highest BCUT2D eigenvalue weighted by Crippen LogP contribution is 2.25. The first-order valence-electron chi connectivity index (χ1n) is 3.63. The molecule has 2 radical (unpaired) electrons. The smallest absolute Gasteiger partial charge is 0.0833 e. The van der Waals surface area contributed by atoms with E-state index in [1.54, 1.807) is 0 Å². The van der Waals surface area contributed by atoms with Gasteiger partial charge >= 0.3 is 0 Å². The number of nitrogens with zero attached hydrogens (tertiary/aromatic N) is 1. The lowest BCUT2D eigenvalue weighted by Crippen LogP contribution is -2.39. The summed E-state index contributed by atoms with van der Waals surface area (Å²) in [5.41, 5.74) is 5.72. The lowest BCUT2D eigenvalue weighted by atomic mass is 10.1. The molecular weight excluding hydrogens is 128 g/mol. The summed E-state index contributed by atoms with van der Waals surface area (Å²) in [6.45, 7) is 1.69. The summed E-state index contributed by atoms with van der Waals surface area (Å²) in [6, 6.07) is 0.230. The highest BCUT2D eigenvalue weighted by Gasteiger charge is 2.41. The lowest BCUT2D eigenvalue weighted by Gasteiger charge is -2.15. The maximum absolute atomic E-state index is 9.30. The molecule has 3 N–H and O–H groups in total. The summed E-state index contributed by atoms with van der Waals surface area (Å²) in [5, 5.41) is 9.30. The van der Waals surface area contributed by atoms with Gasteiger partial charge < -0.3 is 10.8 Å². The van der Waals surface area contributed by atoms with Gasteiger partial charge in [-0.1, -0.05) is 0 Å². The summed E-state index contributed by atoms with van der Waals surface area (Å²) in [5.74, 6) is 0. The van der Waals surface area contributed by atoms with E-state index in [1.807, 2.05) is 0 Å². The van der Waals surface area contributed by atoms with Crippen molar-refractivity contribution in [2.24, 2.45) is 5.73 Å². The largest absolute Gasteiger partial charge is 0.390 e. The molecule has 0 saturated carbocycles. The van der Waals surface area contributed by atoms with Crippen LogP contribution in [-0.4, -0.2) is 41.3 Å². The van der Waals surface area contributed by atoms with Crippen molar-refractivity contribution in [3.8, 4) is 0 Å². The van der Waals surface area contributed by atoms with Gasteiger partial charge in [-0.2, -0.15) is 0 Å². The van der Waals surface area contributed by atoms with Crippen molar-refractivity contribution >= 4 is 0 Å². The van der Waals surface area contributed by atoms with E-state index in [-0.39, 0.29) is 12.1 Å². The Morgan fingerprint density at radius 1 is 1.60 bits per heavy atom. The molecule has 3 atom stereocenters. The normalized spacial score (nSPS) is 48.0. The van der Waals surface area contributed by atoms with Gasteiger partial charge in [0.2, 0.25) is 0 Å². The monoisotopic (exact) mass is 140 g/mol. The minimum atomic E-state index is -0.324. The van der Waals surface area contributed by atoms with E-state index < -0.39 is 0 Å². The van der Waals surface area contributed by atoms with E-state index >= 15 is 0 Å². The van der Waals surface area contributed by atoms with Gasteiger partial charge in [-0.05, 0) is 12.8 Å². The van der Waals surface area contributed by atoms with Crippen LogP contribution in [0.1, 0.15) is 0 Å². The zero-order valence-electron chi connectivity index (χ0n) is 5.77. The van der Waals surface area contributed by atoms with Crippen LogP contribution in [0.2, 0.25) is 0 Å². The minimum Gasteiger partial charge on any atom is -0.390 e. The van der Waals surface area contributed by atoms with Crippen molar-refractivity contribution in [1.82, 2.24) is 4.90 Å². The highest BCUT2D eigenvalue weighted by molar-refractivity contribution is 5.14. The third kappa shape index (κ3) is 0.779. The second kappa shape index (κ2) is 2.19. The number of aliphatic hydroxyl groups is 1. The number of hydrogen-bond donors (Lipinski definition) is 2. The van der Waals surface area contributed by atoms with Crippen molar-refractivity contribution in [1.29, 1.82) is 0 Å². The van der Waals surface area contributed by atoms with Crippen molar-refractivity contribution in [2.75, 3.05) is 13.1 Å². The third-order valence-corrected chi connectivity index (χ3v) is 2.36. The Morgan fingerprint density at radius 2 is 2.40 bits per heavy atom. The van der Waals surface area contributed by atoms with E-state index in [1.165, 1.54) is 0 Å². The Balaban J connectivity index is 2.09. The zero-order valence-corrected chi connectivity index (χ0v) is 5.77. The van der Waals surface area contributed by atoms with Gasteiger partial charge in [-0.3, -0.25) is 4.90 Å². The molecular formula is C7H12N2O. The molecule has 2 rings (SSSR count). The van der Waals surface area contributed by atoms with Gasteiger partial charge in [-0.25, -0.2) is 0 Å². The van der Waals surface area contributed by atoms with Crippen molar-refractivity contribution in [3.63, 3.8) is 0 Å². The summed E-state index contributed by atoms with van der Waals surface area (Å²) in [4.78, 5) is 2.19. The van der Waals surface area contributed by atoms with Gasteiger partial charge in [0.1, 0.15) is 0 Å². The first-order valence-corrected chi connectivity index (χ1v) is 3.63. The lowest BCUT2D eigenvalue weighted by molar-refractivity contribution is 0.166. The van der Waals surface area contributed by atoms with E-state index in [0.29, 0.717) is 6.04 Å². The average Bonchev–Trinajstić information content (AvgIpc) is 2.41. The Kier molecular flexibility index (Phi) is 1.44. The summed E-state index contributed by atoms with van der Waals surface area (Å²) in [7, 11) is 0.